The zero-order valence-electron chi connectivity index (χ0n) is 32.4. The molecule has 0 radical (unpaired) electrons. The molecule has 5 N–H and O–H groups in total. The molecule has 0 amide bonds. The third-order valence-corrected chi connectivity index (χ3v) is 12.9. The van der Waals surface area contributed by atoms with Crippen molar-refractivity contribution in [2.75, 3.05) is 20.3 Å². The second-order valence-corrected chi connectivity index (χ2v) is 16.4. The molecule has 1 spiro atoms. The minimum atomic E-state index is -1.26. The van der Waals surface area contributed by atoms with Crippen LogP contribution >= 0.6 is 0 Å². The summed E-state index contributed by atoms with van der Waals surface area (Å²) in [5.74, 6) is 5.86. The van der Waals surface area contributed by atoms with Crippen molar-refractivity contribution in [2.24, 2.45) is 17.3 Å². The van der Waals surface area contributed by atoms with Gasteiger partial charge in [-0.3, -0.25) is 9.59 Å². The number of cyclic esters (lactones) is 1. The van der Waals surface area contributed by atoms with Crippen molar-refractivity contribution in [3.8, 4) is 34.8 Å². The number of ether oxygens (including phenoxy) is 3. The number of allylic oxidation sites excluding steroid dienone is 1. The fraction of sp³-hybridized carbons (Fsp3) is 0.447. The van der Waals surface area contributed by atoms with Gasteiger partial charge in [0.2, 0.25) is 0 Å². The zero-order valence-corrected chi connectivity index (χ0v) is 32.4. The van der Waals surface area contributed by atoms with Gasteiger partial charge in [0.05, 0.1) is 25.5 Å². The maximum atomic E-state index is 14.5. The monoisotopic (exact) mass is 773 g/mol. The molecule has 57 heavy (non-hydrogen) atoms. The number of aromatic amines is 1. The molecule has 5 atom stereocenters. The lowest BCUT2D eigenvalue weighted by Crippen LogP contribution is -2.37. The number of hydrogen-bond donors (Lipinski definition) is 5. The van der Waals surface area contributed by atoms with Crippen LogP contribution in [0.5, 0.6) is 23.0 Å². The van der Waals surface area contributed by atoms with E-state index in [9.17, 15) is 30.0 Å². The van der Waals surface area contributed by atoms with E-state index < -0.39 is 18.2 Å². The summed E-state index contributed by atoms with van der Waals surface area (Å²) in [5, 5.41) is 43.5. The summed E-state index contributed by atoms with van der Waals surface area (Å²) in [6.07, 6.45) is 8.02. The smallest absolute Gasteiger partial charge is 0.318 e. The summed E-state index contributed by atoms with van der Waals surface area (Å²) in [5.41, 5.74) is 6.49. The lowest BCUT2D eigenvalue weighted by atomic mass is 9.60. The van der Waals surface area contributed by atoms with Gasteiger partial charge in [0.1, 0.15) is 24.9 Å². The number of H-pyrrole nitrogens is 1. The predicted octanol–water partition coefficient (Wildman–Crippen LogP) is 7.28. The first-order valence-corrected chi connectivity index (χ1v) is 20.3. The molecular formula is C47H51NO9. The normalized spacial score (nSPS) is 23.7. The number of fused-ring (bicyclic) bond motifs is 6. The lowest BCUT2D eigenvalue weighted by molar-refractivity contribution is -0.155. The van der Waals surface area contributed by atoms with Gasteiger partial charge in [-0.25, -0.2) is 0 Å². The number of aliphatic hydroxyl groups excluding tert-OH is 2. The summed E-state index contributed by atoms with van der Waals surface area (Å²) in [7, 11) is 1.53. The largest absolute Gasteiger partial charge is 0.504 e. The van der Waals surface area contributed by atoms with E-state index in [1.807, 2.05) is 24.3 Å². The summed E-state index contributed by atoms with van der Waals surface area (Å²) < 4.78 is 17.1. The van der Waals surface area contributed by atoms with Gasteiger partial charge >= 0.3 is 5.97 Å². The Morgan fingerprint density at radius 2 is 1.77 bits per heavy atom. The Labute approximate surface area is 332 Å². The molecule has 0 unspecified atom stereocenters. The highest BCUT2D eigenvalue weighted by Gasteiger charge is 2.47. The number of benzene rings is 3. The summed E-state index contributed by atoms with van der Waals surface area (Å²) in [6.45, 7) is -0.260. The van der Waals surface area contributed by atoms with E-state index in [-0.39, 0.29) is 85.1 Å². The number of para-hydroxylation sites is 1. The first kappa shape index (κ1) is 38.6. The summed E-state index contributed by atoms with van der Waals surface area (Å²) in [6, 6.07) is 16.4. The van der Waals surface area contributed by atoms with Crippen LogP contribution in [0, 0.1) is 29.1 Å². The Morgan fingerprint density at radius 3 is 2.58 bits per heavy atom. The molecule has 3 aliphatic carbocycles. The molecule has 298 valence electrons. The Morgan fingerprint density at radius 1 is 0.965 bits per heavy atom. The molecule has 1 aromatic heterocycles. The number of aliphatic hydroxyl groups is 2. The molecule has 8 rings (SSSR count). The first-order chi connectivity index (χ1) is 27.6. The van der Waals surface area contributed by atoms with Crippen LogP contribution < -0.4 is 9.47 Å². The van der Waals surface area contributed by atoms with Crippen LogP contribution in [0.1, 0.15) is 98.1 Å². The highest BCUT2D eigenvalue weighted by atomic mass is 16.6. The third kappa shape index (κ3) is 7.88. The number of nitrogens with one attached hydrogen (secondary N) is 1. The fourth-order valence-corrected chi connectivity index (χ4v) is 10.3. The van der Waals surface area contributed by atoms with Crippen LogP contribution in [-0.2, 0) is 27.2 Å². The van der Waals surface area contributed by atoms with Crippen LogP contribution in [0.2, 0.25) is 0 Å². The molecule has 3 aromatic carbocycles. The van der Waals surface area contributed by atoms with Crippen LogP contribution in [0.4, 0.5) is 0 Å². The molecule has 4 aromatic rings. The topological polar surface area (TPSA) is 159 Å². The molecule has 10 heteroatoms. The molecule has 2 heterocycles. The zero-order chi connectivity index (χ0) is 39.7. The number of carbonyl (C=O) groups is 2. The van der Waals surface area contributed by atoms with Crippen LogP contribution in [0.15, 0.2) is 60.7 Å². The number of ketones is 1. The number of aromatic nitrogens is 1. The number of phenolic OH excluding ortho intramolecular Hbond substituents is 2. The van der Waals surface area contributed by atoms with Gasteiger partial charge in [-0.2, -0.15) is 0 Å². The number of hydrogen-bond acceptors (Lipinski definition) is 9. The SMILES string of the molecule is COc1cc2c(cc1O)C1=C[C@H]3CC4(CCCC4)CC[C@@H]3[C@@H]2CC(=O)C[C@@H]([C@H](O)Cc2ccc(O)c(OCCO)c2)OC(=O)CC#CCc2c1[nH]c1ccccc21. The number of carbonyl (C=O) groups excluding carboxylic acids is 2. The standard InChI is InChI=1S/C47H51NO9/c1-55-42-26-36-34-23-30(50)24-44(40(52)20-28-12-13-39(51)43(21-28)56-19-18-49)57-45(54)11-5-3-9-33-32-8-2-4-10-38(32)48-46(33)37(35(36)25-41(42)53)22-29-27-47(15-6-7-16-47)17-14-31(29)34/h2,4,8,10,12-13,21-22,25-26,29,31,34,40,44,48-49,51-53H,6-7,9,11,14-20,23-24,27H2,1H3/t29-,31-,34-,40+,44-/m0/s1. The van der Waals surface area contributed by atoms with Crippen LogP contribution in [-0.4, -0.2) is 69.7 Å². The molecule has 2 bridgehead atoms. The second kappa shape index (κ2) is 16.3. The van der Waals surface area contributed by atoms with Gasteiger partial charge in [-0.05, 0) is 108 Å². The third-order valence-electron chi connectivity index (χ3n) is 12.9. The highest BCUT2D eigenvalue weighted by molar-refractivity contribution is 5.94. The number of esters is 1. The van der Waals surface area contributed by atoms with Gasteiger partial charge in [-0.1, -0.05) is 55.0 Å². The summed E-state index contributed by atoms with van der Waals surface area (Å²) >= 11 is 0. The van der Waals surface area contributed by atoms with E-state index in [4.69, 9.17) is 14.2 Å². The van der Waals surface area contributed by atoms with Crippen molar-refractivity contribution in [1.82, 2.24) is 4.98 Å². The summed E-state index contributed by atoms with van der Waals surface area (Å²) in [4.78, 5) is 31.6. The molecule has 10 nitrogen and oxygen atoms in total. The number of methoxy groups -OCH3 is 1. The lowest BCUT2D eigenvalue weighted by Gasteiger charge is -2.44. The van der Waals surface area contributed by atoms with E-state index in [0.717, 1.165) is 58.1 Å². The van der Waals surface area contributed by atoms with E-state index in [1.54, 1.807) is 18.2 Å². The van der Waals surface area contributed by atoms with E-state index in [1.165, 1.54) is 38.9 Å². The Kier molecular flexibility index (Phi) is 11.1. The molecule has 0 saturated heterocycles. The number of phenols is 2. The average molecular weight is 774 g/mol. The number of Topliss-reactive ketones (excluding diaryl/α,β-unsaturated/α-hetero) is 1. The maximum absolute atomic E-state index is 14.5. The number of aromatic hydroxyl groups is 2. The van der Waals surface area contributed by atoms with Gasteiger partial charge in [0, 0.05) is 42.2 Å². The Hall–Kier alpha value is -5.24. The predicted molar refractivity (Wildman–Crippen MR) is 215 cm³/mol. The van der Waals surface area contributed by atoms with Crippen molar-refractivity contribution in [3.63, 3.8) is 0 Å². The molecule has 2 fully saturated rings. The van der Waals surface area contributed by atoms with Gasteiger partial charge in [0.25, 0.3) is 0 Å². The van der Waals surface area contributed by atoms with Crippen molar-refractivity contribution in [2.45, 2.75) is 95.2 Å². The maximum Gasteiger partial charge on any atom is 0.318 e. The minimum absolute atomic E-state index is 0.0127. The molecule has 2 saturated carbocycles. The average Bonchev–Trinajstić information content (AvgIpc) is 3.78. The Bertz CT molecular complexity index is 2250. The van der Waals surface area contributed by atoms with E-state index >= 15 is 0 Å². The highest BCUT2D eigenvalue weighted by Crippen LogP contribution is 2.58. The number of rotatable bonds is 7. The quantitative estimate of drug-likeness (QED) is 0.0962. The van der Waals surface area contributed by atoms with Crippen molar-refractivity contribution in [1.29, 1.82) is 0 Å². The van der Waals surface area contributed by atoms with Gasteiger partial charge in [-0.15, -0.1) is 0 Å². The Balaban J connectivity index is 1.24. The minimum Gasteiger partial charge on any atom is -0.504 e. The van der Waals surface area contributed by atoms with Crippen molar-refractivity contribution in [3.05, 3.63) is 88.6 Å². The molecule has 4 aliphatic rings. The van der Waals surface area contributed by atoms with Gasteiger partial charge in [0.15, 0.2) is 23.0 Å². The van der Waals surface area contributed by atoms with E-state index in [2.05, 4.69) is 29.0 Å². The molecular weight excluding hydrogens is 723 g/mol. The molecule has 1 aliphatic heterocycles. The second-order valence-electron chi connectivity index (χ2n) is 16.4. The first-order valence-electron chi connectivity index (χ1n) is 20.3. The van der Waals surface area contributed by atoms with E-state index in [0.29, 0.717) is 17.7 Å². The van der Waals surface area contributed by atoms with Crippen molar-refractivity contribution >= 4 is 28.2 Å². The van der Waals surface area contributed by atoms with Crippen LogP contribution in [0.25, 0.3) is 16.5 Å². The van der Waals surface area contributed by atoms with Crippen LogP contribution in [0.3, 0.4) is 0 Å². The van der Waals surface area contributed by atoms with Gasteiger partial charge < -0.3 is 39.6 Å². The van der Waals surface area contributed by atoms with Crippen molar-refractivity contribution < 1.29 is 44.2 Å². The fourth-order valence-electron chi connectivity index (χ4n) is 10.3.